The first kappa shape index (κ1) is 5.39. The second kappa shape index (κ2) is 1.74. The molecule has 1 saturated heterocycles. The van der Waals surface area contributed by atoms with Crippen molar-refractivity contribution in [3.05, 3.63) is 0 Å². The third-order valence-corrected chi connectivity index (χ3v) is 0.612. The van der Waals surface area contributed by atoms with Crippen molar-refractivity contribution in [2.75, 3.05) is 6.54 Å². The highest BCUT2D eigenvalue weighted by molar-refractivity contribution is 6.92. The first-order valence-electron chi connectivity index (χ1n) is 1.63. The highest BCUT2D eigenvalue weighted by Crippen LogP contribution is 1.88. The molecule has 1 nitrogen and oxygen atoms in total. The fraction of sp³-hybridized carbons (Fsp3) is 1.00. The van der Waals surface area contributed by atoms with E-state index in [9.17, 15) is 0 Å². The molecule has 0 aromatic heterocycles. The van der Waals surface area contributed by atoms with E-state index < -0.39 is 0 Å². The molecule has 1 aliphatic heterocycles. The van der Waals surface area contributed by atoms with Gasteiger partial charge in [0.1, 0.15) is 0 Å². The predicted octanol–water partition coefficient (Wildman–Crippen LogP) is 0.839. The lowest BCUT2D eigenvalue weighted by atomic mass is 10.6. The Labute approximate surface area is 35.8 Å². The lowest BCUT2D eigenvalue weighted by Crippen LogP contribution is -1.72. The molecule has 0 amide bonds. The van der Waals surface area contributed by atoms with Crippen molar-refractivity contribution in [3.63, 3.8) is 0 Å². The van der Waals surface area contributed by atoms with Crippen molar-refractivity contribution in [1.82, 2.24) is 5.32 Å². The van der Waals surface area contributed by atoms with Crippen LogP contribution in [0.3, 0.4) is 0 Å². The maximum absolute atomic E-state index is 3.10. The Balaban J connectivity index is 0.000000160. The van der Waals surface area contributed by atoms with Gasteiger partial charge < -0.3 is 5.32 Å². The lowest BCUT2D eigenvalue weighted by Gasteiger charge is -1.53. The largest absolute Gasteiger partial charge is 0.311 e. The van der Waals surface area contributed by atoms with E-state index in [-0.39, 0.29) is 9.90 Å². The van der Waals surface area contributed by atoms with Crippen molar-refractivity contribution in [2.45, 2.75) is 13.0 Å². The molecule has 1 fully saturated rings. The Morgan fingerprint density at radius 1 is 1.80 bits per heavy atom. The third-order valence-electron chi connectivity index (χ3n) is 0.612. The van der Waals surface area contributed by atoms with E-state index in [2.05, 4.69) is 12.2 Å². The van der Waals surface area contributed by atoms with Gasteiger partial charge in [0.2, 0.25) is 0 Å². The van der Waals surface area contributed by atoms with Crippen LogP contribution in [0.15, 0.2) is 0 Å². The fourth-order valence-electron chi connectivity index (χ4n) is 0.118. The van der Waals surface area contributed by atoms with Crippen molar-refractivity contribution in [2.24, 2.45) is 0 Å². The minimum absolute atomic E-state index is 0. The minimum atomic E-state index is 0. The van der Waals surface area contributed by atoms with E-state index in [0.29, 0.717) is 0 Å². The van der Waals surface area contributed by atoms with E-state index in [0.717, 1.165) is 6.04 Å². The van der Waals surface area contributed by atoms with Crippen LogP contribution in [0.1, 0.15) is 6.92 Å². The van der Waals surface area contributed by atoms with Gasteiger partial charge in [-0.25, -0.2) is 0 Å². The summed E-state index contributed by atoms with van der Waals surface area (Å²) < 4.78 is 0. The summed E-state index contributed by atoms with van der Waals surface area (Å²) in [6.45, 7) is 3.40. The summed E-state index contributed by atoms with van der Waals surface area (Å²) in [5.41, 5.74) is 0. The molecule has 0 aromatic carbocycles. The average molecular weight is 88.1 g/mol. The van der Waals surface area contributed by atoms with Crippen LogP contribution in [0.25, 0.3) is 0 Å². The summed E-state index contributed by atoms with van der Waals surface area (Å²) in [7, 11) is 0. The van der Waals surface area contributed by atoms with Crippen LogP contribution >= 0.6 is 9.90 Å². The Hall–Kier alpha value is 0.390. The average Bonchev–Trinajstić information content (AvgIpc) is 1.75. The van der Waals surface area contributed by atoms with Gasteiger partial charge in [0.15, 0.2) is 0 Å². The zero-order valence-electron chi connectivity index (χ0n) is 3.23. The van der Waals surface area contributed by atoms with E-state index in [1.165, 1.54) is 6.54 Å². The van der Waals surface area contributed by atoms with Gasteiger partial charge in [0.05, 0.1) is 0 Å². The van der Waals surface area contributed by atoms with Crippen molar-refractivity contribution in [1.29, 1.82) is 0 Å². The number of hydrogen-bond donors (Lipinski definition) is 1. The highest BCUT2D eigenvalue weighted by Gasteiger charge is 2.10. The van der Waals surface area contributed by atoms with Crippen LogP contribution in [-0.2, 0) is 0 Å². The van der Waals surface area contributed by atoms with Crippen LogP contribution in [0, 0.1) is 0 Å². The molecule has 1 rings (SSSR count). The summed E-state index contributed by atoms with van der Waals surface area (Å²) in [5, 5.41) is 3.10. The summed E-state index contributed by atoms with van der Waals surface area (Å²) >= 11 is 0. The number of rotatable bonds is 0. The Morgan fingerprint density at radius 2 is 2.00 bits per heavy atom. The Kier molecular flexibility index (Phi) is 1.87. The quantitative estimate of drug-likeness (QED) is 0.344. The summed E-state index contributed by atoms with van der Waals surface area (Å²) in [6, 6.07) is 0.833. The normalized spacial score (nSPS) is 31.8. The zero-order valence-corrected chi connectivity index (χ0v) is 4.13. The first-order valence-corrected chi connectivity index (χ1v) is 1.63. The monoisotopic (exact) mass is 88.0 g/mol. The Morgan fingerprint density at radius 3 is 2.00 bits per heavy atom. The van der Waals surface area contributed by atoms with E-state index in [1.54, 1.807) is 0 Å². The van der Waals surface area contributed by atoms with Crippen molar-refractivity contribution < 1.29 is 0 Å². The molecule has 0 bridgehead atoms. The summed E-state index contributed by atoms with van der Waals surface area (Å²) in [4.78, 5) is 0. The maximum atomic E-state index is 3.10. The van der Waals surface area contributed by atoms with Crippen LogP contribution < -0.4 is 5.32 Å². The third kappa shape index (κ3) is 2.18. The molecule has 1 aliphatic rings. The molecule has 2 heteroatoms. The standard InChI is InChI=1S/C3H7N.P/c1-3-2-4-3;/h3-4H,2H2,1H3;. The zero-order chi connectivity index (χ0) is 2.99. The number of nitrogens with one attached hydrogen (secondary N) is 1. The van der Waals surface area contributed by atoms with E-state index in [1.807, 2.05) is 0 Å². The minimum Gasteiger partial charge on any atom is -0.311 e. The SMILES string of the molecule is CC1CN1.[P]. The van der Waals surface area contributed by atoms with Gasteiger partial charge in [-0.1, -0.05) is 0 Å². The lowest BCUT2D eigenvalue weighted by molar-refractivity contribution is 1.09. The van der Waals surface area contributed by atoms with E-state index >= 15 is 0 Å². The summed E-state index contributed by atoms with van der Waals surface area (Å²) in [5.74, 6) is 0. The van der Waals surface area contributed by atoms with Crippen molar-refractivity contribution in [3.8, 4) is 0 Å². The van der Waals surface area contributed by atoms with Crippen molar-refractivity contribution >= 4 is 9.90 Å². The molecule has 0 aromatic rings. The maximum Gasteiger partial charge on any atom is 0.0164 e. The second-order valence-electron chi connectivity index (χ2n) is 1.31. The molecule has 1 atom stereocenters. The van der Waals surface area contributed by atoms with Crippen LogP contribution in [-0.4, -0.2) is 12.6 Å². The summed E-state index contributed by atoms with van der Waals surface area (Å²) in [6.07, 6.45) is 0. The molecule has 5 heavy (non-hydrogen) atoms. The van der Waals surface area contributed by atoms with Gasteiger partial charge in [-0.15, -0.1) is 0 Å². The molecule has 3 radical (unpaired) electrons. The van der Waals surface area contributed by atoms with Gasteiger partial charge in [-0.2, -0.15) is 0 Å². The van der Waals surface area contributed by atoms with Gasteiger partial charge in [-0.3, -0.25) is 0 Å². The van der Waals surface area contributed by atoms with Crippen LogP contribution in [0.4, 0.5) is 0 Å². The molecular weight excluding hydrogens is 81.0 g/mol. The van der Waals surface area contributed by atoms with Gasteiger partial charge in [-0.05, 0) is 6.92 Å². The molecular formula is C3H7NP. The van der Waals surface area contributed by atoms with Crippen LogP contribution in [0.2, 0.25) is 0 Å². The smallest absolute Gasteiger partial charge is 0.0164 e. The molecule has 1 unspecified atom stereocenters. The molecule has 1 N–H and O–H groups in total. The first-order chi connectivity index (χ1) is 1.89. The molecule has 0 saturated carbocycles. The molecule has 29 valence electrons. The van der Waals surface area contributed by atoms with Gasteiger partial charge in [0.25, 0.3) is 0 Å². The number of hydrogen-bond acceptors (Lipinski definition) is 1. The second-order valence-corrected chi connectivity index (χ2v) is 1.31. The van der Waals surface area contributed by atoms with Crippen LogP contribution in [0.5, 0.6) is 0 Å². The van der Waals surface area contributed by atoms with Gasteiger partial charge in [0, 0.05) is 22.5 Å². The fourth-order valence-corrected chi connectivity index (χ4v) is 0.118. The van der Waals surface area contributed by atoms with E-state index in [4.69, 9.17) is 0 Å². The molecule has 0 aliphatic carbocycles. The Bertz CT molecular complexity index is 26.1. The predicted molar refractivity (Wildman–Crippen MR) is 24.4 cm³/mol. The van der Waals surface area contributed by atoms with Gasteiger partial charge >= 0.3 is 0 Å². The molecule has 0 spiro atoms. The topological polar surface area (TPSA) is 21.9 Å². The highest BCUT2D eigenvalue weighted by atomic mass is 31.0. The molecule has 1 heterocycles.